The second kappa shape index (κ2) is 16.8. The van der Waals surface area contributed by atoms with Crippen molar-refractivity contribution in [3.8, 4) is 5.75 Å². The minimum atomic E-state index is -1.14. The molecule has 1 fully saturated rings. The Morgan fingerprint density at radius 3 is 2.59 bits per heavy atom. The van der Waals surface area contributed by atoms with E-state index in [1.807, 2.05) is 18.2 Å². The molecule has 46 heavy (non-hydrogen) atoms. The van der Waals surface area contributed by atoms with Gasteiger partial charge in [-0.15, -0.1) is 13.2 Å². The van der Waals surface area contributed by atoms with Crippen LogP contribution in [-0.2, 0) is 20.7 Å². The van der Waals surface area contributed by atoms with Crippen LogP contribution in [0.3, 0.4) is 0 Å². The predicted octanol–water partition coefficient (Wildman–Crippen LogP) is 5.32. The number of benzene rings is 2. The van der Waals surface area contributed by atoms with Crippen molar-refractivity contribution >= 4 is 11.8 Å². The van der Waals surface area contributed by atoms with Crippen molar-refractivity contribution in [1.29, 1.82) is 0 Å². The van der Waals surface area contributed by atoms with Gasteiger partial charge in [0.25, 0.3) is 0 Å². The Morgan fingerprint density at radius 2 is 1.91 bits per heavy atom. The number of methoxy groups -OCH3 is 1. The van der Waals surface area contributed by atoms with Gasteiger partial charge in [-0.2, -0.15) is 0 Å². The van der Waals surface area contributed by atoms with Crippen LogP contribution in [0, 0.1) is 17.6 Å². The molecule has 0 saturated carbocycles. The summed E-state index contributed by atoms with van der Waals surface area (Å²) in [7, 11) is 1.60. The van der Waals surface area contributed by atoms with Crippen LogP contribution in [-0.4, -0.2) is 66.8 Å². The molecular weight excluding hydrogens is 592 g/mol. The van der Waals surface area contributed by atoms with Gasteiger partial charge in [0.15, 0.2) is 0 Å². The lowest BCUT2D eigenvalue weighted by molar-refractivity contribution is -0.140. The Balaban J connectivity index is 1.52. The third-order valence-electron chi connectivity index (χ3n) is 8.95. The fraction of sp³-hybridized carbons (Fsp3) is 0.500. The standard InChI is InChI=1S/C36H47F2N3O5/c1-5-8-10-24-13-14-41(36(24)44)32(9-6-2)35(43)40-31(18-23-16-25(37)19-26(38)17-23)33(42)22-39-30-21-34(46-15-7-3)28-12-11-27(45-4)20-29(28)30/h6-7,11-12,16-17,19-20,24,30-34,39,42H,2-3,5,8-10,13-15,18,21-22H2,1,4H3,(H,40,43)/t24-,30-,31-,32-,33-,34+/m0/s1. The van der Waals surface area contributed by atoms with Gasteiger partial charge in [0.2, 0.25) is 11.8 Å². The highest BCUT2D eigenvalue weighted by Crippen LogP contribution is 2.42. The van der Waals surface area contributed by atoms with Crippen molar-refractivity contribution in [3.05, 3.63) is 90.0 Å². The van der Waals surface area contributed by atoms with Crippen molar-refractivity contribution in [2.75, 3.05) is 26.8 Å². The zero-order valence-corrected chi connectivity index (χ0v) is 26.9. The smallest absolute Gasteiger partial charge is 0.243 e. The van der Waals surface area contributed by atoms with Gasteiger partial charge < -0.3 is 30.1 Å². The highest BCUT2D eigenvalue weighted by atomic mass is 19.1. The van der Waals surface area contributed by atoms with E-state index in [0.717, 1.165) is 36.5 Å². The van der Waals surface area contributed by atoms with E-state index in [4.69, 9.17) is 9.47 Å². The molecule has 1 heterocycles. The first-order chi connectivity index (χ1) is 22.2. The summed E-state index contributed by atoms with van der Waals surface area (Å²) >= 11 is 0. The third kappa shape index (κ3) is 8.80. The second-order valence-electron chi connectivity index (χ2n) is 12.2. The molecule has 1 saturated heterocycles. The number of amides is 2. The van der Waals surface area contributed by atoms with Gasteiger partial charge in [0, 0.05) is 31.1 Å². The van der Waals surface area contributed by atoms with E-state index in [1.165, 1.54) is 12.1 Å². The van der Waals surface area contributed by atoms with E-state index in [0.29, 0.717) is 31.7 Å². The Hall–Kier alpha value is -3.60. The van der Waals surface area contributed by atoms with Crippen LogP contribution in [0.5, 0.6) is 5.75 Å². The van der Waals surface area contributed by atoms with Gasteiger partial charge in [-0.05, 0) is 73.1 Å². The number of fused-ring (bicyclic) bond motifs is 1. The van der Waals surface area contributed by atoms with E-state index in [2.05, 4.69) is 30.7 Å². The number of halogens is 2. The third-order valence-corrected chi connectivity index (χ3v) is 8.95. The average molecular weight is 640 g/mol. The van der Waals surface area contributed by atoms with Crippen molar-refractivity contribution in [2.45, 2.75) is 82.2 Å². The molecular formula is C36H47F2N3O5. The lowest BCUT2D eigenvalue weighted by Crippen LogP contribution is -2.55. The van der Waals surface area contributed by atoms with Crippen LogP contribution >= 0.6 is 0 Å². The number of aliphatic hydroxyl groups is 1. The summed E-state index contributed by atoms with van der Waals surface area (Å²) in [6.45, 7) is 10.5. The van der Waals surface area contributed by atoms with Gasteiger partial charge >= 0.3 is 0 Å². The molecule has 0 spiro atoms. The van der Waals surface area contributed by atoms with Crippen LogP contribution in [0.25, 0.3) is 0 Å². The molecule has 8 nitrogen and oxygen atoms in total. The molecule has 250 valence electrons. The van der Waals surface area contributed by atoms with E-state index < -0.39 is 35.7 Å². The van der Waals surface area contributed by atoms with Crippen molar-refractivity contribution in [1.82, 2.24) is 15.5 Å². The second-order valence-corrected chi connectivity index (χ2v) is 12.2. The fourth-order valence-electron chi connectivity index (χ4n) is 6.55. The summed E-state index contributed by atoms with van der Waals surface area (Å²) in [5.74, 6) is -1.42. The molecule has 0 unspecified atom stereocenters. The van der Waals surface area contributed by atoms with Crippen molar-refractivity contribution < 1.29 is 33.0 Å². The van der Waals surface area contributed by atoms with Gasteiger partial charge in [-0.1, -0.05) is 38.0 Å². The number of rotatable bonds is 18. The normalized spacial score (nSPS) is 21.0. The number of aliphatic hydroxyl groups excluding tert-OH is 1. The Labute approximate surface area is 270 Å². The molecule has 4 rings (SSSR count). The maximum Gasteiger partial charge on any atom is 0.243 e. The maximum absolute atomic E-state index is 14.1. The van der Waals surface area contributed by atoms with Gasteiger partial charge in [0.05, 0.1) is 32.0 Å². The minimum Gasteiger partial charge on any atom is -0.497 e. The van der Waals surface area contributed by atoms with E-state index in [1.54, 1.807) is 24.2 Å². The molecule has 2 aromatic rings. The number of unbranched alkanes of at least 4 members (excludes halogenated alkanes) is 1. The Morgan fingerprint density at radius 1 is 1.15 bits per heavy atom. The summed E-state index contributed by atoms with van der Waals surface area (Å²) in [4.78, 5) is 28.6. The van der Waals surface area contributed by atoms with Crippen molar-refractivity contribution in [2.24, 2.45) is 5.92 Å². The summed E-state index contributed by atoms with van der Waals surface area (Å²) in [6, 6.07) is 7.02. The summed E-state index contributed by atoms with van der Waals surface area (Å²) < 4.78 is 39.7. The molecule has 10 heteroatoms. The fourth-order valence-corrected chi connectivity index (χ4v) is 6.55. The summed E-state index contributed by atoms with van der Waals surface area (Å²) in [6.07, 6.45) is 6.16. The predicted molar refractivity (Wildman–Crippen MR) is 173 cm³/mol. The Bertz CT molecular complexity index is 1350. The van der Waals surface area contributed by atoms with E-state index in [9.17, 15) is 23.5 Å². The molecule has 0 aromatic heterocycles. The molecule has 0 radical (unpaired) electrons. The highest BCUT2D eigenvalue weighted by Gasteiger charge is 2.39. The van der Waals surface area contributed by atoms with Gasteiger partial charge in [0.1, 0.15) is 23.4 Å². The Kier molecular flexibility index (Phi) is 12.9. The van der Waals surface area contributed by atoms with Gasteiger partial charge in [-0.25, -0.2) is 8.78 Å². The molecule has 3 N–H and O–H groups in total. The number of carbonyl (C=O) groups is 2. The average Bonchev–Trinajstić information content (AvgIpc) is 3.57. The summed E-state index contributed by atoms with van der Waals surface area (Å²) in [5, 5.41) is 17.8. The summed E-state index contributed by atoms with van der Waals surface area (Å²) in [5.41, 5.74) is 2.27. The SMILES string of the molecule is C=CCO[C@@H]1C[C@H](NC[C@H](O)[C@H](Cc2cc(F)cc(F)c2)NC(=O)[C@H](CC=C)N2CC[C@H](CCCC)C2=O)c2cc(OC)ccc21. The monoisotopic (exact) mass is 639 g/mol. The lowest BCUT2D eigenvalue weighted by atomic mass is 9.99. The number of likely N-dealkylation sites (tertiary alicyclic amines) is 1. The topological polar surface area (TPSA) is 100 Å². The van der Waals surface area contributed by atoms with Crippen LogP contribution in [0.15, 0.2) is 61.7 Å². The molecule has 2 amide bonds. The number of carbonyl (C=O) groups excluding carboxylic acids is 2. The molecule has 0 bridgehead atoms. The minimum absolute atomic E-state index is 0.0305. The van der Waals surface area contributed by atoms with E-state index in [-0.39, 0.29) is 48.9 Å². The number of nitrogens with one attached hydrogen (secondary N) is 2. The van der Waals surface area contributed by atoms with Crippen LogP contribution in [0.4, 0.5) is 8.78 Å². The lowest BCUT2D eigenvalue weighted by Gasteiger charge is -2.31. The van der Waals surface area contributed by atoms with E-state index >= 15 is 0 Å². The number of hydrogen-bond donors (Lipinski definition) is 3. The first kappa shape index (κ1) is 35.3. The molecule has 2 aliphatic rings. The first-order valence-electron chi connectivity index (χ1n) is 16.2. The van der Waals surface area contributed by atoms with Crippen LogP contribution < -0.4 is 15.4 Å². The van der Waals surface area contributed by atoms with Crippen molar-refractivity contribution in [3.63, 3.8) is 0 Å². The maximum atomic E-state index is 14.1. The first-order valence-corrected chi connectivity index (χ1v) is 16.2. The molecule has 1 aliphatic carbocycles. The molecule has 2 aromatic carbocycles. The number of nitrogens with zero attached hydrogens (tertiary/aromatic N) is 1. The number of hydrogen-bond acceptors (Lipinski definition) is 6. The zero-order chi connectivity index (χ0) is 33.2. The molecule has 6 atom stereocenters. The quantitative estimate of drug-likeness (QED) is 0.191. The van der Waals surface area contributed by atoms with Crippen LogP contribution in [0.1, 0.15) is 74.3 Å². The highest BCUT2D eigenvalue weighted by molar-refractivity contribution is 5.90. The van der Waals surface area contributed by atoms with Crippen LogP contribution in [0.2, 0.25) is 0 Å². The molecule has 1 aliphatic heterocycles. The zero-order valence-electron chi connectivity index (χ0n) is 26.9. The largest absolute Gasteiger partial charge is 0.497 e. The number of ether oxygens (including phenoxy) is 2. The van der Waals surface area contributed by atoms with Gasteiger partial charge in [-0.3, -0.25) is 9.59 Å².